The van der Waals surface area contributed by atoms with Crippen molar-refractivity contribution in [2.24, 2.45) is 0 Å². The zero-order valence-electron chi connectivity index (χ0n) is 13.4. The molecule has 0 unspecified atom stereocenters. The molecule has 0 saturated carbocycles. The van der Waals surface area contributed by atoms with Crippen LogP contribution in [0.25, 0.3) is 12.2 Å². The zero-order valence-corrected chi connectivity index (χ0v) is 13.4. The number of carbonyl (C=O) groups is 1. The van der Waals surface area contributed by atoms with Crippen LogP contribution in [0.15, 0.2) is 59.7 Å². The first-order valence-electron chi connectivity index (χ1n) is 7.75. The number of hydrogen-bond acceptors (Lipinski definition) is 4. The summed E-state index contributed by atoms with van der Waals surface area (Å²) in [5.74, 6) is 0.245. The molecule has 1 aliphatic rings. The number of likely N-dealkylation sites (N-methyl/N-ethyl adjacent to an activating group) is 1. The highest BCUT2D eigenvalue weighted by molar-refractivity contribution is 6.14. The molecule has 3 rings (SSSR count). The van der Waals surface area contributed by atoms with Gasteiger partial charge in [-0.2, -0.15) is 0 Å². The molecule has 1 heterocycles. The van der Waals surface area contributed by atoms with E-state index in [1.165, 1.54) is 0 Å². The molecule has 0 bridgehead atoms. The highest BCUT2D eigenvalue weighted by Gasteiger charge is 2.24. The molecule has 2 N–H and O–H groups in total. The summed E-state index contributed by atoms with van der Waals surface area (Å²) in [6.45, 7) is 1.04. The number of Topliss-reactive ketones (excluding diaryl/α,β-unsaturated/α-hetero) is 1. The molecule has 122 valence electrons. The lowest BCUT2D eigenvalue weighted by molar-refractivity contribution is -0.113. The first-order chi connectivity index (χ1) is 11.5. The predicted molar refractivity (Wildman–Crippen MR) is 94.7 cm³/mol. The van der Waals surface area contributed by atoms with Crippen molar-refractivity contribution in [3.8, 4) is 11.5 Å². The van der Waals surface area contributed by atoms with E-state index in [1.54, 1.807) is 48.6 Å². The van der Waals surface area contributed by atoms with Gasteiger partial charge in [0.25, 0.3) is 0 Å². The Morgan fingerprint density at radius 1 is 0.833 bits per heavy atom. The summed E-state index contributed by atoms with van der Waals surface area (Å²) in [4.78, 5) is 14.8. The lowest BCUT2D eigenvalue weighted by Crippen LogP contribution is -2.34. The van der Waals surface area contributed by atoms with E-state index in [1.807, 2.05) is 24.1 Å². The van der Waals surface area contributed by atoms with E-state index >= 15 is 0 Å². The zero-order chi connectivity index (χ0) is 17.1. The number of nitrogens with zero attached hydrogens (tertiary/aromatic N) is 1. The van der Waals surface area contributed by atoms with Crippen LogP contribution in [0, 0.1) is 0 Å². The first kappa shape index (κ1) is 16.0. The second kappa shape index (κ2) is 6.72. The quantitative estimate of drug-likeness (QED) is 0.835. The Morgan fingerprint density at radius 3 is 1.67 bits per heavy atom. The van der Waals surface area contributed by atoms with Gasteiger partial charge in [0, 0.05) is 35.4 Å². The molecule has 24 heavy (non-hydrogen) atoms. The van der Waals surface area contributed by atoms with Crippen molar-refractivity contribution in [1.82, 2.24) is 4.90 Å². The molecule has 2 aromatic rings. The van der Waals surface area contributed by atoms with E-state index in [0.717, 1.165) is 0 Å². The SMILES string of the molecule is CN1C/C(=C\c2ccccc2O)C(=O)/C(=C/c2ccccc2O)C1. The third-order valence-corrected chi connectivity index (χ3v) is 4.00. The number of aromatic hydroxyl groups is 2. The maximum Gasteiger partial charge on any atom is 0.187 e. The average Bonchev–Trinajstić information content (AvgIpc) is 2.56. The smallest absolute Gasteiger partial charge is 0.187 e. The van der Waals surface area contributed by atoms with Crippen LogP contribution in [0.2, 0.25) is 0 Å². The molecule has 0 amide bonds. The number of rotatable bonds is 2. The van der Waals surface area contributed by atoms with Crippen molar-refractivity contribution in [3.05, 3.63) is 70.8 Å². The number of likely N-dealkylation sites (tertiary alicyclic amines) is 1. The van der Waals surface area contributed by atoms with Gasteiger partial charge in [0.2, 0.25) is 0 Å². The van der Waals surface area contributed by atoms with Crippen LogP contribution in [0.4, 0.5) is 0 Å². The van der Waals surface area contributed by atoms with E-state index < -0.39 is 0 Å². The van der Waals surface area contributed by atoms with Crippen LogP contribution in [0.5, 0.6) is 11.5 Å². The molecule has 0 atom stereocenters. The van der Waals surface area contributed by atoms with Gasteiger partial charge in [-0.15, -0.1) is 0 Å². The fourth-order valence-corrected chi connectivity index (χ4v) is 2.80. The van der Waals surface area contributed by atoms with Gasteiger partial charge in [-0.25, -0.2) is 0 Å². The average molecular weight is 321 g/mol. The van der Waals surface area contributed by atoms with E-state index in [9.17, 15) is 15.0 Å². The molecule has 1 fully saturated rings. The monoisotopic (exact) mass is 321 g/mol. The normalized spacial score (nSPS) is 19.1. The van der Waals surface area contributed by atoms with Crippen molar-refractivity contribution in [1.29, 1.82) is 0 Å². The van der Waals surface area contributed by atoms with Crippen LogP contribution in [0.3, 0.4) is 0 Å². The minimum Gasteiger partial charge on any atom is -0.507 e. The van der Waals surface area contributed by atoms with Gasteiger partial charge in [0.05, 0.1) is 0 Å². The van der Waals surface area contributed by atoms with Gasteiger partial charge < -0.3 is 10.2 Å². The Balaban J connectivity index is 1.98. The van der Waals surface area contributed by atoms with Gasteiger partial charge in [-0.05, 0) is 31.3 Å². The standard InChI is InChI=1S/C20H19NO3/c1-21-12-16(10-14-6-2-4-8-18(14)22)20(24)17(13-21)11-15-7-3-5-9-19(15)23/h2-11,22-23H,12-13H2,1H3/b16-10+,17-11+. The summed E-state index contributed by atoms with van der Waals surface area (Å²) in [5.41, 5.74) is 2.48. The maximum atomic E-state index is 12.8. The van der Waals surface area contributed by atoms with Gasteiger partial charge in [-0.1, -0.05) is 36.4 Å². The predicted octanol–water partition coefficient (Wildman–Crippen LogP) is 3.08. The lowest BCUT2D eigenvalue weighted by Gasteiger charge is -2.26. The van der Waals surface area contributed by atoms with E-state index in [-0.39, 0.29) is 17.3 Å². The summed E-state index contributed by atoms with van der Waals surface area (Å²) in [6.07, 6.45) is 3.46. The van der Waals surface area contributed by atoms with Gasteiger partial charge in [-0.3, -0.25) is 9.69 Å². The van der Waals surface area contributed by atoms with Crippen molar-refractivity contribution in [2.45, 2.75) is 0 Å². The third-order valence-electron chi connectivity index (χ3n) is 4.00. The number of phenols is 2. The number of hydrogen-bond donors (Lipinski definition) is 2. The number of ketones is 1. The highest BCUT2D eigenvalue weighted by Crippen LogP contribution is 2.26. The second-order valence-corrected chi connectivity index (χ2v) is 5.96. The number of benzene rings is 2. The largest absolute Gasteiger partial charge is 0.507 e. The number of phenolic OH excluding ortho intramolecular Hbond substituents is 2. The maximum absolute atomic E-state index is 12.8. The minimum absolute atomic E-state index is 0.0559. The van der Waals surface area contributed by atoms with Crippen LogP contribution >= 0.6 is 0 Å². The van der Waals surface area contributed by atoms with E-state index in [4.69, 9.17) is 0 Å². The topological polar surface area (TPSA) is 60.8 Å². The van der Waals surface area contributed by atoms with Crippen LogP contribution in [-0.4, -0.2) is 41.0 Å². The Morgan fingerprint density at radius 2 is 1.25 bits per heavy atom. The van der Waals surface area contributed by atoms with Crippen molar-refractivity contribution >= 4 is 17.9 Å². The third kappa shape index (κ3) is 3.39. The van der Waals surface area contributed by atoms with Crippen LogP contribution in [0.1, 0.15) is 11.1 Å². The van der Waals surface area contributed by atoms with Gasteiger partial charge >= 0.3 is 0 Å². The molecule has 0 aromatic heterocycles. The van der Waals surface area contributed by atoms with Crippen LogP contribution in [-0.2, 0) is 4.79 Å². The van der Waals surface area contributed by atoms with Crippen molar-refractivity contribution in [2.75, 3.05) is 20.1 Å². The summed E-state index contributed by atoms with van der Waals surface area (Å²) in [5, 5.41) is 19.8. The molecule has 2 aromatic carbocycles. The summed E-state index contributed by atoms with van der Waals surface area (Å²) in [6, 6.07) is 13.9. The van der Waals surface area contributed by atoms with Gasteiger partial charge in [0.1, 0.15) is 11.5 Å². The van der Waals surface area contributed by atoms with Crippen molar-refractivity contribution < 1.29 is 15.0 Å². The Hall–Kier alpha value is -2.85. The summed E-state index contributed by atoms with van der Waals surface area (Å²) < 4.78 is 0. The summed E-state index contributed by atoms with van der Waals surface area (Å²) >= 11 is 0. The Labute approximate surface area is 141 Å². The molecular weight excluding hydrogens is 302 g/mol. The fraction of sp³-hybridized carbons (Fsp3) is 0.150. The molecular formula is C20H19NO3. The molecule has 4 heteroatoms. The van der Waals surface area contributed by atoms with E-state index in [0.29, 0.717) is 35.4 Å². The molecule has 0 spiro atoms. The second-order valence-electron chi connectivity index (χ2n) is 5.96. The molecule has 1 aliphatic heterocycles. The molecule has 1 saturated heterocycles. The van der Waals surface area contributed by atoms with Gasteiger partial charge in [0.15, 0.2) is 5.78 Å². The Bertz CT molecular complexity index is 769. The number of piperidine rings is 1. The highest BCUT2D eigenvalue weighted by atomic mass is 16.3. The van der Waals surface area contributed by atoms with Crippen LogP contribution < -0.4 is 0 Å². The van der Waals surface area contributed by atoms with E-state index in [2.05, 4.69) is 0 Å². The molecule has 0 radical (unpaired) electrons. The molecule has 4 nitrogen and oxygen atoms in total. The Kier molecular flexibility index (Phi) is 4.49. The number of carbonyl (C=O) groups excluding carboxylic acids is 1. The minimum atomic E-state index is -0.0559. The van der Waals surface area contributed by atoms with Crippen molar-refractivity contribution in [3.63, 3.8) is 0 Å². The lowest BCUT2D eigenvalue weighted by atomic mass is 9.94. The number of para-hydroxylation sites is 2. The fourth-order valence-electron chi connectivity index (χ4n) is 2.80. The summed E-state index contributed by atoms with van der Waals surface area (Å²) in [7, 11) is 1.93. The molecule has 0 aliphatic carbocycles. The first-order valence-corrected chi connectivity index (χ1v) is 7.75.